The lowest BCUT2D eigenvalue weighted by Gasteiger charge is -2.00. The van der Waals surface area contributed by atoms with Crippen molar-refractivity contribution in [1.29, 1.82) is 0 Å². The summed E-state index contributed by atoms with van der Waals surface area (Å²) in [6, 6.07) is 0. The van der Waals surface area contributed by atoms with E-state index in [9.17, 15) is 4.79 Å². The van der Waals surface area contributed by atoms with Crippen molar-refractivity contribution < 1.29 is 9.53 Å². The van der Waals surface area contributed by atoms with Gasteiger partial charge < -0.3 is 4.74 Å². The minimum absolute atomic E-state index is 0.170. The van der Waals surface area contributed by atoms with Gasteiger partial charge in [-0.2, -0.15) is 25.3 Å². The predicted molar refractivity (Wildman–Crippen MR) is 47.9 cm³/mol. The molecule has 0 rings (SSSR count). The molecule has 0 aromatic heterocycles. The summed E-state index contributed by atoms with van der Waals surface area (Å²) in [5, 5.41) is 0. The van der Waals surface area contributed by atoms with Gasteiger partial charge in [0.05, 0.1) is 13.0 Å². The van der Waals surface area contributed by atoms with Crippen LogP contribution in [-0.4, -0.2) is 24.1 Å². The number of rotatable bonds is 5. The number of hydrogen-bond donors (Lipinski definition) is 2. The van der Waals surface area contributed by atoms with Gasteiger partial charge in [0.1, 0.15) is 0 Å². The maximum Gasteiger partial charge on any atom is 0.306 e. The van der Waals surface area contributed by atoms with E-state index in [-0.39, 0.29) is 5.97 Å². The van der Waals surface area contributed by atoms with Crippen LogP contribution in [0.2, 0.25) is 0 Å². The van der Waals surface area contributed by atoms with Gasteiger partial charge in [0.2, 0.25) is 0 Å². The lowest BCUT2D eigenvalue weighted by molar-refractivity contribution is -0.143. The lowest BCUT2D eigenvalue weighted by Crippen LogP contribution is -2.06. The first kappa shape index (κ1) is 10.2. The Morgan fingerprint density at radius 2 is 2.00 bits per heavy atom. The fourth-order valence-electron chi connectivity index (χ4n) is 0.414. The van der Waals surface area contributed by atoms with Crippen molar-refractivity contribution in [3.63, 3.8) is 0 Å². The minimum atomic E-state index is -0.170. The summed E-state index contributed by atoms with van der Waals surface area (Å²) in [7, 11) is 0. The van der Waals surface area contributed by atoms with Gasteiger partial charge in [0.15, 0.2) is 0 Å². The Bertz CT molecular complexity index is 95.7. The highest BCUT2D eigenvalue weighted by Crippen LogP contribution is 1.91. The lowest BCUT2D eigenvalue weighted by atomic mass is 10.5. The van der Waals surface area contributed by atoms with Crippen molar-refractivity contribution in [2.75, 3.05) is 18.1 Å². The molecule has 0 radical (unpaired) electrons. The molecule has 0 spiro atoms. The van der Waals surface area contributed by atoms with Gasteiger partial charge in [0, 0.05) is 5.75 Å². The van der Waals surface area contributed by atoms with Crippen molar-refractivity contribution in [3.05, 3.63) is 0 Å². The molecule has 0 fully saturated rings. The molecule has 10 heavy (non-hydrogen) atoms. The number of hydrogen-bond acceptors (Lipinski definition) is 4. The summed E-state index contributed by atoms with van der Waals surface area (Å²) in [4.78, 5) is 10.6. The van der Waals surface area contributed by atoms with Crippen LogP contribution < -0.4 is 0 Å². The van der Waals surface area contributed by atoms with Crippen LogP contribution in [0.5, 0.6) is 0 Å². The van der Waals surface area contributed by atoms with Crippen molar-refractivity contribution in [2.24, 2.45) is 0 Å². The average molecular weight is 180 g/mol. The van der Waals surface area contributed by atoms with Gasteiger partial charge in [-0.1, -0.05) is 0 Å². The number of carbonyl (C=O) groups excluding carboxylic acids is 1. The van der Waals surface area contributed by atoms with Crippen LogP contribution in [0.25, 0.3) is 0 Å². The van der Waals surface area contributed by atoms with Crippen LogP contribution in [0, 0.1) is 0 Å². The Labute approximate surface area is 72.1 Å². The van der Waals surface area contributed by atoms with Crippen LogP contribution in [0.15, 0.2) is 0 Å². The molecule has 0 amide bonds. The van der Waals surface area contributed by atoms with E-state index in [2.05, 4.69) is 25.3 Å². The second-order valence-corrected chi connectivity index (χ2v) is 2.67. The highest BCUT2D eigenvalue weighted by atomic mass is 32.1. The maximum absolute atomic E-state index is 10.6. The standard InChI is InChI=1S/C6H12O2S2/c7-6(2-5-10)8-3-1-4-9/h9-10H,1-5H2. The fourth-order valence-corrected chi connectivity index (χ4v) is 0.726. The zero-order valence-electron chi connectivity index (χ0n) is 5.75. The van der Waals surface area contributed by atoms with Crippen LogP contribution >= 0.6 is 25.3 Å². The summed E-state index contributed by atoms with van der Waals surface area (Å²) < 4.78 is 4.79. The van der Waals surface area contributed by atoms with Gasteiger partial charge >= 0.3 is 5.97 Å². The molecule has 0 unspecified atom stereocenters. The third-order valence-corrected chi connectivity index (χ3v) is 1.42. The first-order valence-electron chi connectivity index (χ1n) is 3.18. The Hall–Kier alpha value is 0.170. The van der Waals surface area contributed by atoms with Gasteiger partial charge in [-0.05, 0) is 12.2 Å². The van der Waals surface area contributed by atoms with Gasteiger partial charge in [-0.3, -0.25) is 4.79 Å². The molecule has 0 aliphatic carbocycles. The summed E-state index contributed by atoms with van der Waals surface area (Å²) >= 11 is 7.86. The molecule has 0 heterocycles. The molecule has 0 saturated heterocycles. The van der Waals surface area contributed by atoms with Gasteiger partial charge in [-0.15, -0.1) is 0 Å². The maximum atomic E-state index is 10.6. The van der Waals surface area contributed by atoms with Gasteiger partial charge in [0.25, 0.3) is 0 Å². The van der Waals surface area contributed by atoms with Crippen molar-refractivity contribution in [1.82, 2.24) is 0 Å². The predicted octanol–water partition coefficient (Wildman–Crippen LogP) is 1.17. The van der Waals surface area contributed by atoms with Crippen LogP contribution in [0.3, 0.4) is 0 Å². The number of carbonyl (C=O) groups is 1. The molecule has 60 valence electrons. The van der Waals surface area contributed by atoms with Crippen molar-refractivity contribution in [2.45, 2.75) is 12.8 Å². The van der Waals surface area contributed by atoms with E-state index in [0.717, 1.165) is 12.2 Å². The van der Waals surface area contributed by atoms with Gasteiger partial charge in [-0.25, -0.2) is 0 Å². The minimum Gasteiger partial charge on any atom is -0.466 e. The molecule has 0 bridgehead atoms. The molecule has 4 heteroatoms. The number of esters is 1. The Balaban J connectivity index is 3.05. The Morgan fingerprint density at radius 1 is 1.30 bits per heavy atom. The Morgan fingerprint density at radius 3 is 2.50 bits per heavy atom. The summed E-state index contributed by atoms with van der Waals surface area (Å²) in [5.41, 5.74) is 0. The SMILES string of the molecule is O=C(CCS)OCCCS. The second-order valence-electron chi connectivity index (χ2n) is 1.77. The molecule has 0 N–H and O–H groups in total. The summed E-state index contributed by atoms with van der Waals surface area (Å²) in [6.45, 7) is 0.482. The first-order valence-corrected chi connectivity index (χ1v) is 4.45. The normalized spacial score (nSPS) is 9.40. The highest BCUT2D eigenvalue weighted by Gasteiger charge is 1.98. The highest BCUT2D eigenvalue weighted by molar-refractivity contribution is 7.80. The molecule has 0 aliphatic rings. The van der Waals surface area contributed by atoms with E-state index in [1.807, 2.05) is 0 Å². The van der Waals surface area contributed by atoms with Crippen molar-refractivity contribution >= 4 is 31.2 Å². The molecule has 0 aliphatic heterocycles. The molecule has 0 atom stereocenters. The van der Waals surface area contributed by atoms with E-state index in [1.54, 1.807) is 0 Å². The van der Waals surface area contributed by atoms with E-state index in [4.69, 9.17) is 4.74 Å². The van der Waals surface area contributed by atoms with E-state index in [1.165, 1.54) is 0 Å². The van der Waals surface area contributed by atoms with E-state index in [0.29, 0.717) is 18.8 Å². The third kappa shape index (κ3) is 6.29. The molecule has 0 saturated carbocycles. The smallest absolute Gasteiger partial charge is 0.306 e. The zero-order valence-corrected chi connectivity index (χ0v) is 7.54. The molecular weight excluding hydrogens is 168 g/mol. The topological polar surface area (TPSA) is 26.3 Å². The monoisotopic (exact) mass is 180 g/mol. The van der Waals surface area contributed by atoms with Crippen LogP contribution in [0.4, 0.5) is 0 Å². The summed E-state index contributed by atoms with van der Waals surface area (Å²) in [5.74, 6) is 1.14. The molecular formula is C6H12O2S2. The molecule has 0 aromatic rings. The number of ether oxygens (including phenoxy) is 1. The zero-order chi connectivity index (χ0) is 7.82. The fraction of sp³-hybridized carbons (Fsp3) is 0.833. The quantitative estimate of drug-likeness (QED) is 0.377. The van der Waals surface area contributed by atoms with E-state index >= 15 is 0 Å². The van der Waals surface area contributed by atoms with E-state index < -0.39 is 0 Å². The largest absolute Gasteiger partial charge is 0.466 e. The average Bonchev–Trinajstić information content (AvgIpc) is 1.89. The first-order chi connectivity index (χ1) is 4.81. The Kier molecular flexibility index (Phi) is 7.40. The molecule has 0 aromatic carbocycles. The molecule has 2 nitrogen and oxygen atoms in total. The number of thiol groups is 2. The third-order valence-electron chi connectivity index (χ3n) is 0.881. The van der Waals surface area contributed by atoms with Crippen LogP contribution in [0.1, 0.15) is 12.8 Å². The summed E-state index contributed by atoms with van der Waals surface area (Å²) in [6.07, 6.45) is 1.22. The van der Waals surface area contributed by atoms with Crippen molar-refractivity contribution in [3.8, 4) is 0 Å². The second kappa shape index (κ2) is 7.28. The van der Waals surface area contributed by atoms with Crippen LogP contribution in [-0.2, 0) is 9.53 Å².